The lowest BCUT2D eigenvalue weighted by Gasteiger charge is -1.99. The van der Waals surface area contributed by atoms with Gasteiger partial charge < -0.3 is 0 Å². The molecule has 0 aliphatic rings. The third-order valence-electron chi connectivity index (χ3n) is 1.95. The van der Waals surface area contributed by atoms with Crippen molar-refractivity contribution in [3.63, 3.8) is 0 Å². The average Bonchev–Trinajstić information content (AvgIpc) is 2.18. The third kappa shape index (κ3) is 2.55. The summed E-state index contributed by atoms with van der Waals surface area (Å²) in [4.78, 5) is 11.4. The molecule has 0 fully saturated rings. The summed E-state index contributed by atoms with van der Waals surface area (Å²) in [5, 5.41) is 0. The van der Waals surface area contributed by atoms with Crippen LogP contribution in [0.25, 0.3) is 6.08 Å². The molecule has 0 amide bonds. The molecular formula is C12H14O. The van der Waals surface area contributed by atoms with Crippen molar-refractivity contribution >= 4 is 11.9 Å². The Bertz CT molecular complexity index is 295. The summed E-state index contributed by atoms with van der Waals surface area (Å²) in [6.07, 6.45) is 3.31. The molecule has 0 unspecified atom stereocenters. The quantitative estimate of drug-likeness (QED) is 0.640. The third-order valence-corrected chi connectivity index (χ3v) is 1.95. The van der Waals surface area contributed by atoms with Crippen molar-refractivity contribution in [2.24, 2.45) is 0 Å². The first-order valence-electron chi connectivity index (χ1n) is 4.53. The molecule has 13 heavy (non-hydrogen) atoms. The molecule has 0 radical (unpaired) electrons. The number of ketones is 1. The number of hydrogen-bond acceptors (Lipinski definition) is 1. The van der Waals surface area contributed by atoms with Crippen LogP contribution in [0.5, 0.6) is 0 Å². The molecule has 1 aromatic rings. The van der Waals surface area contributed by atoms with E-state index in [4.69, 9.17) is 0 Å². The highest BCUT2D eigenvalue weighted by Crippen LogP contribution is 2.08. The standard InChI is InChI=1S/C12H14O/c1-3-5-12(13)11-8-6-10(4-2)7-9-11/h4,6-9H,2-3,5H2,1H3. The van der Waals surface area contributed by atoms with Gasteiger partial charge in [0.25, 0.3) is 0 Å². The molecule has 0 bridgehead atoms. The van der Waals surface area contributed by atoms with Crippen LogP contribution in [0.1, 0.15) is 35.7 Å². The Morgan fingerprint density at radius 2 is 2.00 bits per heavy atom. The van der Waals surface area contributed by atoms with Gasteiger partial charge in [-0.3, -0.25) is 4.79 Å². The van der Waals surface area contributed by atoms with Crippen molar-refractivity contribution in [3.05, 3.63) is 42.0 Å². The molecule has 0 heterocycles. The maximum absolute atomic E-state index is 11.4. The fourth-order valence-electron chi connectivity index (χ4n) is 1.18. The van der Waals surface area contributed by atoms with E-state index in [1.807, 2.05) is 31.2 Å². The number of carbonyl (C=O) groups is 1. The van der Waals surface area contributed by atoms with Crippen molar-refractivity contribution in [2.75, 3.05) is 0 Å². The van der Waals surface area contributed by atoms with E-state index < -0.39 is 0 Å². The van der Waals surface area contributed by atoms with Crippen molar-refractivity contribution in [2.45, 2.75) is 19.8 Å². The smallest absolute Gasteiger partial charge is 0.162 e. The van der Waals surface area contributed by atoms with E-state index in [0.29, 0.717) is 6.42 Å². The summed E-state index contributed by atoms with van der Waals surface area (Å²) >= 11 is 0. The normalized spacial score (nSPS) is 9.62. The first-order chi connectivity index (χ1) is 6.27. The fourth-order valence-corrected chi connectivity index (χ4v) is 1.18. The van der Waals surface area contributed by atoms with Gasteiger partial charge in [0.05, 0.1) is 0 Å². The Balaban J connectivity index is 2.79. The molecule has 0 saturated carbocycles. The molecule has 0 aliphatic heterocycles. The Labute approximate surface area is 79.1 Å². The number of hydrogen-bond donors (Lipinski definition) is 0. The molecule has 1 rings (SSSR count). The van der Waals surface area contributed by atoms with Crippen LogP contribution in [0.3, 0.4) is 0 Å². The summed E-state index contributed by atoms with van der Waals surface area (Å²) in [5.41, 5.74) is 1.85. The molecule has 0 saturated heterocycles. The van der Waals surface area contributed by atoms with Gasteiger partial charge in [-0.2, -0.15) is 0 Å². The van der Waals surface area contributed by atoms with Gasteiger partial charge in [0.15, 0.2) is 5.78 Å². The Hall–Kier alpha value is -1.37. The minimum absolute atomic E-state index is 0.220. The van der Waals surface area contributed by atoms with Crippen molar-refractivity contribution in [1.29, 1.82) is 0 Å². The Morgan fingerprint density at radius 1 is 1.38 bits per heavy atom. The second-order valence-electron chi connectivity index (χ2n) is 3.00. The molecular weight excluding hydrogens is 160 g/mol. The highest BCUT2D eigenvalue weighted by molar-refractivity contribution is 5.96. The highest BCUT2D eigenvalue weighted by atomic mass is 16.1. The molecule has 0 aliphatic carbocycles. The Kier molecular flexibility index (Phi) is 3.44. The summed E-state index contributed by atoms with van der Waals surface area (Å²) < 4.78 is 0. The largest absolute Gasteiger partial charge is 0.294 e. The van der Waals surface area contributed by atoms with E-state index in [-0.39, 0.29) is 5.78 Å². The molecule has 68 valence electrons. The van der Waals surface area contributed by atoms with Gasteiger partial charge in [-0.15, -0.1) is 0 Å². The van der Waals surface area contributed by atoms with Gasteiger partial charge in [-0.25, -0.2) is 0 Å². The summed E-state index contributed by atoms with van der Waals surface area (Å²) in [7, 11) is 0. The molecule has 1 heteroatoms. The first kappa shape index (κ1) is 9.72. The van der Waals surface area contributed by atoms with Crippen molar-refractivity contribution in [3.8, 4) is 0 Å². The van der Waals surface area contributed by atoms with E-state index in [1.165, 1.54) is 0 Å². The van der Waals surface area contributed by atoms with Crippen LogP contribution in [0.2, 0.25) is 0 Å². The highest BCUT2D eigenvalue weighted by Gasteiger charge is 2.02. The maximum atomic E-state index is 11.4. The zero-order valence-corrected chi connectivity index (χ0v) is 7.92. The lowest BCUT2D eigenvalue weighted by molar-refractivity contribution is 0.0982. The molecule has 0 N–H and O–H groups in total. The van der Waals surface area contributed by atoms with Crippen LogP contribution in [0.15, 0.2) is 30.8 Å². The van der Waals surface area contributed by atoms with Gasteiger partial charge in [-0.05, 0) is 12.0 Å². The summed E-state index contributed by atoms with van der Waals surface area (Å²) in [6, 6.07) is 7.54. The predicted molar refractivity (Wildman–Crippen MR) is 55.8 cm³/mol. The zero-order valence-electron chi connectivity index (χ0n) is 7.92. The van der Waals surface area contributed by atoms with Gasteiger partial charge in [0, 0.05) is 12.0 Å². The molecule has 0 atom stereocenters. The van der Waals surface area contributed by atoms with E-state index in [9.17, 15) is 4.79 Å². The number of rotatable bonds is 4. The minimum Gasteiger partial charge on any atom is -0.294 e. The fraction of sp³-hybridized carbons (Fsp3) is 0.250. The van der Waals surface area contributed by atoms with Crippen LogP contribution in [-0.4, -0.2) is 5.78 Å². The number of Topliss-reactive ketones (excluding diaryl/α,β-unsaturated/α-hetero) is 1. The minimum atomic E-state index is 0.220. The Morgan fingerprint density at radius 3 is 2.46 bits per heavy atom. The van der Waals surface area contributed by atoms with Crippen LogP contribution < -0.4 is 0 Å². The van der Waals surface area contributed by atoms with Crippen LogP contribution in [0, 0.1) is 0 Å². The SMILES string of the molecule is C=Cc1ccc(C(=O)CCC)cc1. The van der Waals surface area contributed by atoms with Gasteiger partial charge in [0.2, 0.25) is 0 Å². The van der Waals surface area contributed by atoms with Crippen LogP contribution >= 0.6 is 0 Å². The topological polar surface area (TPSA) is 17.1 Å². The molecule has 0 aromatic heterocycles. The zero-order chi connectivity index (χ0) is 9.68. The molecule has 1 aromatic carbocycles. The second kappa shape index (κ2) is 4.61. The lowest BCUT2D eigenvalue weighted by Crippen LogP contribution is -1.97. The van der Waals surface area contributed by atoms with Gasteiger partial charge >= 0.3 is 0 Å². The second-order valence-corrected chi connectivity index (χ2v) is 3.00. The van der Waals surface area contributed by atoms with E-state index in [0.717, 1.165) is 17.5 Å². The van der Waals surface area contributed by atoms with Crippen LogP contribution in [-0.2, 0) is 0 Å². The van der Waals surface area contributed by atoms with E-state index in [1.54, 1.807) is 6.08 Å². The van der Waals surface area contributed by atoms with Crippen molar-refractivity contribution in [1.82, 2.24) is 0 Å². The summed E-state index contributed by atoms with van der Waals surface area (Å²) in [5.74, 6) is 0.220. The first-order valence-corrected chi connectivity index (χ1v) is 4.53. The number of carbonyl (C=O) groups excluding carboxylic acids is 1. The molecule has 0 spiro atoms. The number of benzene rings is 1. The van der Waals surface area contributed by atoms with Gasteiger partial charge in [0.1, 0.15) is 0 Å². The maximum Gasteiger partial charge on any atom is 0.162 e. The van der Waals surface area contributed by atoms with E-state index in [2.05, 4.69) is 6.58 Å². The lowest BCUT2D eigenvalue weighted by atomic mass is 10.1. The van der Waals surface area contributed by atoms with Gasteiger partial charge in [-0.1, -0.05) is 43.8 Å². The average molecular weight is 174 g/mol. The monoisotopic (exact) mass is 174 g/mol. The van der Waals surface area contributed by atoms with Crippen molar-refractivity contribution < 1.29 is 4.79 Å². The summed E-state index contributed by atoms with van der Waals surface area (Å²) in [6.45, 7) is 5.67. The van der Waals surface area contributed by atoms with E-state index >= 15 is 0 Å². The predicted octanol–water partition coefficient (Wildman–Crippen LogP) is 3.31. The molecule has 1 nitrogen and oxygen atoms in total. The van der Waals surface area contributed by atoms with Crippen LogP contribution in [0.4, 0.5) is 0 Å².